The lowest BCUT2D eigenvalue weighted by molar-refractivity contribution is 0.0696. The van der Waals surface area contributed by atoms with Crippen molar-refractivity contribution >= 4 is 24.5 Å². The van der Waals surface area contributed by atoms with Crippen LogP contribution < -0.4 is 5.46 Å². The summed E-state index contributed by atoms with van der Waals surface area (Å²) in [4.78, 5) is 21.2. The van der Waals surface area contributed by atoms with Crippen LogP contribution in [0.2, 0.25) is 0 Å². The summed E-state index contributed by atoms with van der Waals surface area (Å²) in [5.74, 6) is -2.67. The minimum absolute atomic E-state index is 0.174. The largest absolute Gasteiger partial charge is 0.488 e. The van der Waals surface area contributed by atoms with E-state index in [0.717, 1.165) is 18.2 Å². The molecule has 0 radical (unpaired) electrons. The maximum atomic E-state index is 10.6. The van der Waals surface area contributed by atoms with Crippen LogP contribution in [0.25, 0.3) is 0 Å². The van der Waals surface area contributed by atoms with E-state index in [1.165, 1.54) is 0 Å². The second kappa shape index (κ2) is 4.12. The molecule has 1 aromatic rings. The van der Waals surface area contributed by atoms with Crippen molar-refractivity contribution in [2.24, 2.45) is 0 Å². The van der Waals surface area contributed by atoms with Gasteiger partial charge in [-0.3, -0.25) is 0 Å². The minimum atomic E-state index is -1.90. The highest BCUT2D eigenvalue weighted by Crippen LogP contribution is 2.04. The average molecular weight is 210 g/mol. The predicted molar refractivity (Wildman–Crippen MR) is 50.2 cm³/mol. The van der Waals surface area contributed by atoms with Crippen LogP contribution in [-0.4, -0.2) is 39.3 Å². The number of hydrogen-bond donors (Lipinski definition) is 4. The first-order valence-electron chi connectivity index (χ1n) is 3.89. The molecule has 0 atom stereocenters. The molecule has 0 spiro atoms. The molecule has 7 heteroatoms. The van der Waals surface area contributed by atoms with E-state index >= 15 is 0 Å². The van der Waals surface area contributed by atoms with E-state index < -0.39 is 19.1 Å². The Balaban J connectivity index is 3.32. The highest BCUT2D eigenvalue weighted by atomic mass is 16.4. The third-order valence-electron chi connectivity index (χ3n) is 1.75. The molecule has 6 nitrogen and oxygen atoms in total. The molecule has 0 saturated carbocycles. The second-order valence-corrected chi connectivity index (χ2v) is 2.83. The lowest BCUT2D eigenvalue weighted by atomic mass is 9.78. The van der Waals surface area contributed by atoms with Crippen molar-refractivity contribution in [3.8, 4) is 0 Å². The lowest BCUT2D eigenvalue weighted by Gasteiger charge is -2.03. The quantitative estimate of drug-likeness (QED) is 0.464. The smallest absolute Gasteiger partial charge is 0.478 e. The average Bonchev–Trinajstić information content (AvgIpc) is 2.16. The topological polar surface area (TPSA) is 115 Å². The van der Waals surface area contributed by atoms with Gasteiger partial charge in [0.05, 0.1) is 11.1 Å². The van der Waals surface area contributed by atoms with E-state index in [1.54, 1.807) is 0 Å². The number of carbonyl (C=O) groups is 2. The Hall–Kier alpha value is -1.86. The Morgan fingerprint density at radius 3 is 1.60 bits per heavy atom. The molecule has 1 aromatic carbocycles. The summed E-state index contributed by atoms with van der Waals surface area (Å²) in [6.45, 7) is 0. The van der Waals surface area contributed by atoms with Crippen LogP contribution in [0.3, 0.4) is 0 Å². The molecular weight excluding hydrogens is 203 g/mol. The molecular formula is C8H7BO6. The zero-order valence-electron chi connectivity index (χ0n) is 7.41. The van der Waals surface area contributed by atoms with Gasteiger partial charge < -0.3 is 20.3 Å². The van der Waals surface area contributed by atoms with E-state index in [2.05, 4.69) is 0 Å². The fourth-order valence-electron chi connectivity index (χ4n) is 1.05. The Bertz CT molecular complexity index is 381. The fraction of sp³-hybridized carbons (Fsp3) is 0. The summed E-state index contributed by atoms with van der Waals surface area (Å²) in [7, 11) is -1.90. The highest BCUT2D eigenvalue weighted by Gasteiger charge is 2.17. The summed E-state index contributed by atoms with van der Waals surface area (Å²) in [6, 6.07) is 2.94. The van der Waals surface area contributed by atoms with Crippen molar-refractivity contribution in [2.45, 2.75) is 0 Å². The molecule has 1 rings (SSSR count). The first-order valence-corrected chi connectivity index (χ1v) is 3.89. The van der Waals surface area contributed by atoms with Crippen molar-refractivity contribution < 1.29 is 29.9 Å². The Labute approximate surface area is 84.6 Å². The Kier molecular flexibility index (Phi) is 3.08. The van der Waals surface area contributed by atoms with Gasteiger partial charge in [0.15, 0.2) is 0 Å². The van der Waals surface area contributed by atoms with Gasteiger partial charge in [-0.2, -0.15) is 0 Å². The Morgan fingerprint density at radius 1 is 0.933 bits per heavy atom. The molecule has 0 saturated heterocycles. The van der Waals surface area contributed by atoms with Gasteiger partial charge in [-0.15, -0.1) is 0 Å². The van der Waals surface area contributed by atoms with Gasteiger partial charge >= 0.3 is 19.1 Å². The molecule has 0 heterocycles. The van der Waals surface area contributed by atoms with Crippen LogP contribution >= 0.6 is 0 Å². The van der Waals surface area contributed by atoms with Gasteiger partial charge in [0.1, 0.15) is 0 Å². The van der Waals surface area contributed by atoms with Gasteiger partial charge in [-0.05, 0) is 23.7 Å². The normalized spacial score (nSPS) is 9.73. The van der Waals surface area contributed by atoms with Gasteiger partial charge in [-0.1, -0.05) is 0 Å². The summed E-state index contributed by atoms with van der Waals surface area (Å²) >= 11 is 0. The van der Waals surface area contributed by atoms with Crippen molar-refractivity contribution in [3.05, 3.63) is 29.3 Å². The zero-order valence-corrected chi connectivity index (χ0v) is 7.41. The van der Waals surface area contributed by atoms with Crippen LogP contribution in [0.15, 0.2) is 18.2 Å². The first kappa shape index (κ1) is 11.2. The van der Waals surface area contributed by atoms with Crippen molar-refractivity contribution in [1.29, 1.82) is 0 Å². The van der Waals surface area contributed by atoms with E-state index in [1.807, 2.05) is 0 Å². The third kappa shape index (κ3) is 2.55. The van der Waals surface area contributed by atoms with Crippen molar-refractivity contribution in [3.63, 3.8) is 0 Å². The summed E-state index contributed by atoms with van der Waals surface area (Å²) in [6.07, 6.45) is 0. The molecule has 0 fully saturated rings. The maximum Gasteiger partial charge on any atom is 0.488 e. The number of aromatic carboxylic acids is 2. The van der Waals surface area contributed by atoms with Gasteiger partial charge in [0.2, 0.25) is 0 Å². The minimum Gasteiger partial charge on any atom is -0.478 e. The zero-order chi connectivity index (χ0) is 11.6. The highest BCUT2D eigenvalue weighted by molar-refractivity contribution is 6.58. The van der Waals surface area contributed by atoms with Crippen LogP contribution in [-0.2, 0) is 0 Å². The lowest BCUT2D eigenvalue weighted by Crippen LogP contribution is -2.31. The summed E-state index contributed by atoms with van der Waals surface area (Å²) < 4.78 is 0. The van der Waals surface area contributed by atoms with E-state index in [9.17, 15) is 9.59 Å². The summed E-state index contributed by atoms with van der Waals surface area (Å²) in [5.41, 5.74) is -0.789. The molecule has 4 N–H and O–H groups in total. The molecule has 0 amide bonds. The molecule has 0 aliphatic heterocycles. The SMILES string of the molecule is O=C(O)c1cc(B(O)O)cc(C(=O)O)c1. The van der Waals surface area contributed by atoms with E-state index in [4.69, 9.17) is 20.3 Å². The van der Waals surface area contributed by atoms with E-state index in [0.29, 0.717) is 0 Å². The number of benzene rings is 1. The van der Waals surface area contributed by atoms with Crippen LogP contribution in [0.4, 0.5) is 0 Å². The maximum absolute atomic E-state index is 10.6. The monoisotopic (exact) mass is 210 g/mol. The summed E-state index contributed by atoms with van der Waals surface area (Å²) in [5, 5.41) is 34.9. The molecule has 0 bridgehead atoms. The molecule has 0 aromatic heterocycles. The van der Waals surface area contributed by atoms with Crippen molar-refractivity contribution in [2.75, 3.05) is 0 Å². The fourth-order valence-corrected chi connectivity index (χ4v) is 1.05. The van der Waals surface area contributed by atoms with Gasteiger partial charge in [0, 0.05) is 0 Å². The number of rotatable bonds is 3. The molecule has 0 aliphatic rings. The third-order valence-corrected chi connectivity index (χ3v) is 1.75. The van der Waals surface area contributed by atoms with Crippen LogP contribution in [0.5, 0.6) is 0 Å². The number of carboxylic acid groups (broad SMARTS) is 2. The molecule has 78 valence electrons. The van der Waals surface area contributed by atoms with Gasteiger partial charge in [-0.25, -0.2) is 9.59 Å². The standard InChI is InChI=1S/C8H7BO6/c10-7(11)4-1-5(8(12)13)3-6(2-4)9(14)15/h1-3,14-15H,(H,10,11)(H,12,13). The van der Waals surface area contributed by atoms with Crippen LogP contribution in [0.1, 0.15) is 20.7 Å². The predicted octanol–water partition coefficient (Wildman–Crippen LogP) is -1.24. The van der Waals surface area contributed by atoms with Gasteiger partial charge in [0.25, 0.3) is 0 Å². The second-order valence-electron chi connectivity index (χ2n) is 2.83. The van der Waals surface area contributed by atoms with Crippen LogP contribution in [0, 0.1) is 0 Å². The molecule has 0 aliphatic carbocycles. The van der Waals surface area contributed by atoms with E-state index in [-0.39, 0.29) is 16.6 Å². The number of hydrogen-bond acceptors (Lipinski definition) is 4. The van der Waals surface area contributed by atoms with Crippen molar-refractivity contribution in [1.82, 2.24) is 0 Å². The number of carboxylic acids is 2. The molecule has 15 heavy (non-hydrogen) atoms. The first-order chi connectivity index (χ1) is 6.91. The molecule has 0 unspecified atom stereocenters. The Morgan fingerprint density at radius 2 is 1.33 bits per heavy atom.